The van der Waals surface area contributed by atoms with E-state index < -0.39 is 0 Å². The van der Waals surface area contributed by atoms with Gasteiger partial charge in [0.15, 0.2) is 0 Å². The monoisotopic (exact) mass is 405 g/mol. The Labute approximate surface area is 100 Å². The second-order valence-electron chi connectivity index (χ2n) is 2.33. The maximum absolute atomic E-state index is 10.9. The summed E-state index contributed by atoms with van der Waals surface area (Å²) in [5.41, 5.74) is 0.816. The van der Waals surface area contributed by atoms with Crippen molar-refractivity contribution in [2.75, 3.05) is 11.2 Å². The van der Waals surface area contributed by atoms with Gasteiger partial charge in [0, 0.05) is 0 Å². The van der Waals surface area contributed by atoms with Gasteiger partial charge < -0.3 is 0 Å². The van der Waals surface area contributed by atoms with E-state index in [1.807, 2.05) is 24.3 Å². The predicted octanol–water partition coefficient (Wildman–Crippen LogP) is 2.04. The molecule has 0 spiro atoms. The van der Waals surface area contributed by atoms with Crippen molar-refractivity contribution in [1.82, 2.24) is 0 Å². The van der Waals surface area contributed by atoms with E-state index >= 15 is 0 Å². The molecule has 1 aromatic rings. The summed E-state index contributed by atoms with van der Waals surface area (Å²) >= 11 is 6.23. The number of nitrogens with one attached hydrogen (secondary N) is 1. The molecule has 1 aromatic carbocycles. The minimum atomic E-state index is -0.167. The van der Waals surface area contributed by atoms with Gasteiger partial charge in [0.05, 0.1) is 0 Å². The number of carbonyl (C=O) groups is 1. The molecule has 0 saturated carbocycles. The quantitative estimate of drug-likeness (QED) is 0.617. The molecule has 0 unspecified atom stereocenters. The van der Waals surface area contributed by atoms with E-state index in [0.29, 0.717) is 0 Å². The van der Waals surface area contributed by atoms with E-state index in [4.69, 9.17) is 11.6 Å². The molecule has 1 N–H and O–H groups in total. The number of halogens is 1. The van der Waals surface area contributed by atoms with Crippen molar-refractivity contribution in [1.29, 1.82) is 0 Å². The van der Waals surface area contributed by atoms with Gasteiger partial charge in [-0.25, -0.2) is 0 Å². The summed E-state index contributed by atoms with van der Waals surface area (Å²) in [7, 11) is 1.80. The van der Waals surface area contributed by atoms with Gasteiger partial charge in [-0.1, -0.05) is 0 Å². The fraction of sp³-hybridized carbons (Fsp3) is 0.125. The van der Waals surface area contributed by atoms with E-state index in [1.165, 1.54) is 4.90 Å². The number of carbonyl (C=O) groups excluding carboxylic acids is 1. The molecule has 66 valence electrons. The van der Waals surface area contributed by atoms with E-state index in [9.17, 15) is 4.79 Å². The summed E-state index contributed by atoms with van der Waals surface area (Å²) in [6.07, 6.45) is 0. The zero-order chi connectivity index (χ0) is 9.68. The zero-order valence-electron chi connectivity index (χ0n) is 6.79. The summed E-state index contributed by atoms with van der Waals surface area (Å²) in [4.78, 5) is 12.1. The van der Waals surface area contributed by atoms with Gasteiger partial charge >= 0.3 is 101 Å². The molecule has 5 heteroatoms. The van der Waals surface area contributed by atoms with Gasteiger partial charge in [0.1, 0.15) is 0 Å². The first-order valence-corrected chi connectivity index (χ1v) is 10.5. The molecule has 0 aromatic heterocycles. The SMILES string of the molecule is O=C(CCl)Nc1cccc([S][Tl])c1. The van der Waals surface area contributed by atoms with Crippen molar-refractivity contribution < 1.29 is 4.79 Å². The Hall–Kier alpha value is 0.252. The molecule has 1 amide bonds. The predicted molar refractivity (Wildman–Crippen MR) is 57.4 cm³/mol. The molecule has 0 aliphatic rings. The van der Waals surface area contributed by atoms with Crippen LogP contribution >= 0.6 is 19.9 Å². The van der Waals surface area contributed by atoms with Crippen LogP contribution in [0.15, 0.2) is 29.2 Å². The molecule has 0 aliphatic heterocycles. The Morgan fingerprint density at radius 2 is 2.38 bits per heavy atom. The summed E-state index contributed by atoms with van der Waals surface area (Å²) in [5.74, 6) is -0.167. The van der Waals surface area contributed by atoms with Crippen molar-refractivity contribution in [3.63, 3.8) is 0 Å². The number of hydrogen-bond donors (Lipinski definition) is 1. The molecular weight excluding hydrogens is 398 g/mol. The molecule has 13 heavy (non-hydrogen) atoms. The number of anilines is 1. The van der Waals surface area contributed by atoms with E-state index in [-0.39, 0.29) is 11.8 Å². The number of alkyl halides is 1. The molecule has 0 bridgehead atoms. The van der Waals surface area contributed by atoms with Crippen LogP contribution in [-0.4, -0.2) is 36.1 Å². The fourth-order valence-electron chi connectivity index (χ4n) is 0.842. The second kappa shape index (κ2) is 5.87. The van der Waals surface area contributed by atoms with E-state index in [2.05, 4.69) is 5.32 Å². The van der Waals surface area contributed by atoms with E-state index in [1.54, 1.807) is 8.31 Å². The molecule has 0 heterocycles. The second-order valence-corrected chi connectivity index (χ2v) is 6.05. The Morgan fingerprint density at radius 3 is 3.00 bits per heavy atom. The first kappa shape index (κ1) is 11.3. The van der Waals surface area contributed by atoms with Crippen molar-refractivity contribution in [2.45, 2.75) is 4.90 Å². The molecule has 2 nitrogen and oxygen atoms in total. The molecular formula is C8H7ClNOSTl. The van der Waals surface area contributed by atoms with Crippen molar-refractivity contribution in [3.8, 4) is 0 Å². The standard InChI is InChI=1S/C8H8ClNOS.Tl/c9-5-8(11)10-6-2-1-3-7(12)4-6;/h1-4,12H,5H2,(H,10,11);/q;+1/p-1. The third-order valence-corrected chi connectivity index (χ3v) is 5.32. The average molecular weight is 405 g/mol. The number of rotatable bonds is 3. The van der Waals surface area contributed by atoms with Gasteiger partial charge in [-0.2, -0.15) is 0 Å². The normalized spacial score (nSPS) is 9.54. The Bertz CT molecular complexity index is 308. The van der Waals surface area contributed by atoms with Crippen LogP contribution in [0.1, 0.15) is 0 Å². The van der Waals surface area contributed by atoms with Crippen LogP contribution in [-0.2, 0) is 4.79 Å². The van der Waals surface area contributed by atoms with Crippen LogP contribution in [0.25, 0.3) is 0 Å². The van der Waals surface area contributed by atoms with Gasteiger partial charge in [-0.3, -0.25) is 0 Å². The Kier molecular flexibility index (Phi) is 5.12. The fourth-order valence-corrected chi connectivity index (χ4v) is 2.97. The number of amides is 1. The minimum absolute atomic E-state index is 0.00000449. The summed E-state index contributed by atoms with van der Waals surface area (Å²) in [6.45, 7) is 0. The summed E-state index contributed by atoms with van der Waals surface area (Å²) < 4.78 is 0. The molecule has 0 radical (unpaired) electrons. The zero-order valence-corrected chi connectivity index (χ0v) is 12.8. The van der Waals surface area contributed by atoms with Crippen LogP contribution in [0.4, 0.5) is 5.69 Å². The maximum atomic E-state index is 10.9. The van der Waals surface area contributed by atoms with Crippen LogP contribution in [0.3, 0.4) is 0 Å². The van der Waals surface area contributed by atoms with Crippen LogP contribution in [0.5, 0.6) is 0 Å². The molecule has 0 aliphatic carbocycles. The third-order valence-electron chi connectivity index (χ3n) is 1.38. The van der Waals surface area contributed by atoms with E-state index in [0.717, 1.165) is 30.0 Å². The van der Waals surface area contributed by atoms with Crippen molar-refractivity contribution in [3.05, 3.63) is 24.3 Å². The molecule has 1 rings (SSSR count). The summed E-state index contributed by atoms with van der Waals surface area (Å²) in [6, 6.07) is 7.76. The average Bonchev–Trinajstić information content (AvgIpc) is 2.18. The molecule has 0 saturated heterocycles. The Morgan fingerprint density at radius 1 is 1.62 bits per heavy atom. The number of hydrogen-bond acceptors (Lipinski definition) is 2. The molecule has 0 atom stereocenters. The van der Waals surface area contributed by atoms with Crippen LogP contribution in [0.2, 0.25) is 0 Å². The third kappa shape index (κ3) is 3.87. The topological polar surface area (TPSA) is 29.1 Å². The van der Waals surface area contributed by atoms with Gasteiger partial charge in [-0.15, -0.1) is 0 Å². The van der Waals surface area contributed by atoms with Crippen LogP contribution < -0.4 is 5.32 Å². The van der Waals surface area contributed by atoms with Crippen molar-refractivity contribution >= 4 is 55.8 Å². The van der Waals surface area contributed by atoms with Gasteiger partial charge in [0.2, 0.25) is 0 Å². The first-order chi connectivity index (χ1) is 6.26. The summed E-state index contributed by atoms with van der Waals surface area (Å²) in [5, 5.41) is 2.70. The molecule has 0 fully saturated rings. The van der Waals surface area contributed by atoms with Gasteiger partial charge in [-0.05, 0) is 0 Å². The van der Waals surface area contributed by atoms with Crippen LogP contribution in [0, 0.1) is 0 Å². The van der Waals surface area contributed by atoms with Gasteiger partial charge in [0.25, 0.3) is 0 Å². The number of benzene rings is 1. The van der Waals surface area contributed by atoms with Crippen molar-refractivity contribution in [2.24, 2.45) is 0 Å². The Balaban J connectivity index is 2.71. The first-order valence-electron chi connectivity index (χ1n) is 3.59.